The van der Waals surface area contributed by atoms with E-state index in [0.717, 1.165) is 17.6 Å². The van der Waals surface area contributed by atoms with Crippen LogP contribution in [0.5, 0.6) is 0 Å². The molecule has 1 rings (SSSR count). The number of rotatable bonds is 6. The molecule has 1 aromatic rings. The molecule has 2 N–H and O–H groups in total. The zero-order valence-electron chi connectivity index (χ0n) is 10.6. The Morgan fingerprint density at radius 1 is 1.26 bits per heavy atom. The zero-order valence-corrected chi connectivity index (χ0v) is 14.6. The number of nitrogens with one attached hydrogen (secondary N) is 2. The molecule has 1 aromatic heterocycles. The number of hydrogen-bond donors (Lipinski definition) is 2. The van der Waals surface area contributed by atoms with Gasteiger partial charge in [0.1, 0.15) is 4.21 Å². The van der Waals surface area contributed by atoms with E-state index in [1.165, 1.54) is 6.07 Å². The van der Waals surface area contributed by atoms with Crippen molar-refractivity contribution in [3.8, 4) is 0 Å². The van der Waals surface area contributed by atoms with Gasteiger partial charge in [0.15, 0.2) is 0 Å². The number of thiophene rings is 1. The van der Waals surface area contributed by atoms with Gasteiger partial charge in [-0.1, -0.05) is 0 Å². The van der Waals surface area contributed by atoms with Crippen LogP contribution in [0.25, 0.3) is 0 Å². The summed E-state index contributed by atoms with van der Waals surface area (Å²) in [4.78, 5) is 0. The predicted molar refractivity (Wildman–Crippen MR) is 79.3 cm³/mol. The van der Waals surface area contributed by atoms with Crippen LogP contribution in [0.2, 0.25) is 0 Å². The molecule has 0 bridgehead atoms. The standard InChI is InChI=1S/C9H15BrN2O4S3/c1-9(2,12-18(3,13)14)6-11-19(15,16)8-5-4-7(10)17-8/h4-5,11-12H,6H2,1-3H3. The first-order chi connectivity index (χ1) is 8.41. The molecule has 0 atom stereocenters. The van der Waals surface area contributed by atoms with Crippen molar-refractivity contribution in [1.29, 1.82) is 0 Å². The average molecular weight is 391 g/mol. The van der Waals surface area contributed by atoms with E-state index in [0.29, 0.717) is 3.79 Å². The first kappa shape index (κ1) is 17.1. The van der Waals surface area contributed by atoms with Crippen LogP contribution in [0.1, 0.15) is 13.8 Å². The third-order valence-corrected chi connectivity index (χ3v) is 6.42. The fourth-order valence-corrected chi connectivity index (χ4v) is 5.67. The Hall–Kier alpha value is -0.000000000000000167. The lowest BCUT2D eigenvalue weighted by molar-refractivity contribution is 0.446. The Kier molecular flexibility index (Phi) is 5.19. The number of hydrogen-bond acceptors (Lipinski definition) is 5. The van der Waals surface area contributed by atoms with E-state index >= 15 is 0 Å². The second kappa shape index (κ2) is 5.78. The molecule has 0 aliphatic rings. The second-order valence-electron chi connectivity index (χ2n) is 4.64. The third-order valence-electron chi connectivity index (χ3n) is 1.98. The summed E-state index contributed by atoms with van der Waals surface area (Å²) in [6, 6.07) is 3.12. The summed E-state index contributed by atoms with van der Waals surface area (Å²) in [5, 5.41) is 0. The fraction of sp³-hybridized carbons (Fsp3) is 0.556. The molecular weight excluding hydrogens is 376 g/mol. The fourth-order valence-electron chi connectivity index (χ4n) is 1.33. The summed E-state index contributed by atoms with van der Waals surface area (Å²) in [6.45, 7) is 3.15. The van der Waals surface area contributed by atoms with Gasteiger partial charge in [-0.15, -0.1) is 11.3 Å². The van der Waals surface area contributed by atoms with Crippen molar-refractivity contribution in [2.75, 3.05) is 12.8 Å². The maximum absolute atomic E-state index is 12.0. The van der Waals surface area contributed by atoms with Gasteiger partial charge in [0.25, 0.3) is 0 Å². The summed E-state index contributed by atoms with van der Waals surface area (Å²) >= 11 is 4.28. The van der Waals surface area contributed by atoms with Crippen molar-refractivity contribution < 1.29 is 16.8 Å². The summed E-state index contributed by atoms with van der Waals surface area (Å²) < 4.78 is 51.9. The van der Waals surface area contributed by atoms with Gasteiger partial charge in [-0.05, 0) is 41.9 Å². The van der Waals surface area contributed by atoms with Gasteiger partial charge in [-0.2, -0.15) is 0 Å². The van der Waals surface area contributed by atoms with Crippen molar-refractivity contribution in [1.82, 2.24) is 9.44 Å². The van der Waals surface area contributed by atoms with E-state index in [2.05, 4.69) is 25.4 Å². The summed E-state index contributed by atoms with van der Waals surface area (Å²) in [6.07, 6.45) is 1.03. The van der Waals surface area contributed by atoms with Gasteiger partial charge in [0.2, 0.25) is 20.0 Å². The van der Waals surface area contributed by atoms with Crippen LogP contribution in [0.3, 0.4) is 0 Å². The highest BCUT2D eigenvalue weighted by atomic mass is 79.9. The zero-order chi connectivity index (χ0) is 14.9. The highest BCUT2D eigenvalue weighted by molar-refractivity contribution is 9.11. The van der Waals surface area contributed by atoms with Crippen molar-refractivity contribution in [3.63, 3.8) is 0 Å². The largest absolute Gasteiger partial charge is 0.250 e. The van der Waals surface area contributed by atoms with E-state index in [1.807, 2.05) is 0 Å². The lowest BCUT2D eigenvalue weighted by atomic mass is 10.1. The molecule has 6 nitrogen and oxygen atoms in total. The van der Waals surface area contributed by atoms with Crippen molar-refractivity contribution >= 4 is 47.3 Å². The van der Waals surface area contributed by atoms with Crippen LogP contribution in [0.4, 0.5) is 0 Å². The van der Waals surface area contributed by atoms with Crippen LogP contribution >= 0.6 is 27.3 Å². The molecule has 10 heteroatoms. The van der Waals surface area contributed by atoms with Gasteiger partial charge < -0.3 is 0 Å². The van der Waals surface area contributed by atoms with Gasteiger partial charge in [0, 0.05) is 12.1 Å². The Bertz CT molecular complexity index is 649. The Morgan fingerprint density at radius 2 is 1.84 bits per heavy atom. The highest BCUT2D eigenvalue weighted by Gasteiger charge is 2.25. The monoisotopic (exact) mass is 390 g/mol. The van der Waals surface area contributed by atoms with Crippen LogP contribution < -0.4 is 9.44 Å². The van der Waals surface area contributed by atoms with Crippen molar-refractivity contribution in [2.24, 2.45) is 0 Å². The SMILES string of the molecule is CC(C)(CNS(=O)(=O)c1ccc(Br)s1)NS(C)(=O)=O. The van der Waals surface area contributed by atoms with Crippen LogP contribution in [-0.4, -0.2) is 35.2 Å². The minimum Gasteiger partial charge on any atom is -0.213 e. The molecule has 0 saturated carbocycles. The van der Waals surface area contributed by atoms with Crippen LogP contribution in [-0.2, 0) is 20.0 Å². The normalized spacial score (nSPS) is 13.7. The molecule has 0 aliphatic carbocycles. The molecule has 0 spiro atoms. The third kappa shape index (κ3) is 5.88. The minimum atomic E-state index is -3.62. The minimum absolute atomic E-state index is 0.0437. The summed E-state index contributed by atoms with van der Waals surface area (Å²) in [5.74, 6) is 0. The molecule has 0 unspecified atom stereocenters. The molecule has 0 aromatic carbocycles. The predicted octanol–water partition coefficient (Wildman–Crippen LogP) is 1.12. The molecular formula is C9H15BrN2O4S3. The van der Waals surface area contributed by atoms with E-state index in [1.54, 1.807) is 19.9 Å². The molecule has 110 valence electrons. The van der Waals surface area contributed by atoms with Gasteiger partial charge in [0.05, 0.1) is 10.0 Å². The summed E-state index contributed by atoms with van der Waals surface area (Å²) in [5.41, 5.74) is -0.908. The lowest BCUT2D eigenvalue weighted by Gasteiger charge is -2.24. The smallest absolute Gasteiger partial charge is 0.213 e. The van der Waals surface area contributed by atoms with Crippen molar-refractivity contribution in [3.05, 3.63) is 15.9 Å². The van der Waals surface area contributed by atoms with E-state index in [9.17, 15) is 16.8 Å². The number of halogens is 1. The molecule has 0 saturated heterocycles. The van der Waals surface area contributed by atoms with E-state index in [4.69, 9.17) is 0 Å². The lowest BCUT2D eigenvalue weighted by Crippen LogP contribution is -2.50. The number of sulfonamides is 2. The first-order valence-electron chi connectivity index (χ1n) is 5.15. The molecule has 0 radical (unpaired) electrons. The van der Waals surface area contributed by atoms with Gasteiger partial charge >= 0.3 is 0 Å². The first-order valence-corrected chi connectivity index (χ1v) is 10.1. The molecule has 0 aliphatic heterocycles. The van der Waals surface area contributed by atoms with Gasteiger partial charge in [-0.3, -0.25) is 0 Å². The van der Waals surface area contributed by atoms with Crippen molar-refractivity contribution in [2.45, 2.75) is 23.6 Å². The maximum atomic E-state index is 12.0. The maximum Gasteiger partial charge on any atom is 0.250 e. The Labute approximate surface area is 125 Å². The van der Waals surface area contributed by atoms with Crippen LogP contribution in [0.15, 0.2) is 20.1 Å². The van der Waals surface area contributed by atoms with E-state index in [-0.39, 0.29) is 10.8 Å². The van der Waals surface area contributed by atoms with Crippen LogP contribution in [0, 0.1) is 0 Å². The van der Waals surface area contributed by atoms with Gasteiger partial charge in [-0.25, -0.2) is 26.3 Å². The Morgan fingerprint density at radius 3 is 2.26 bits per heavy atom. The molecule has 0 fully saturated rings. The molecule has 0 amide bonds. The molecule has 19 heavy (non-hydrogen) atoms. The Balaban J connectivity index is 2.76. The highest BCUT2D eigenvalue weighted by Crippen LogP contribution is 2.25. The molecule has 1 heterocycles. The second-order valence-corrected chi connectivity index (χ2v) is 10.8. The van der Waals surface area contributed by atoms with E-state index < -0.39 is 25.6 Å². The quantitative estimate of drug-likeness (QED) is 0.760. The average Bonchev–Trinajstić information content (AvgIpc) is 2.59. The topological polar surface area (TPSA) is 92.3 Å². The summed E-state index contributed by atoms with van der Waals surface area (Å²) in [7, 11) is -7.02.